The molecule has 2 rings (SSSR count). The first-order valence-electron chi connectivity index (χ1n) is 4.01. The minimum Gasteiger partial charge on any atom is -0.467 e. The van der Waals surface area contributed by atoms with Gasteiger partial charge in [-0.25, -0.2) is 4.98 Å². The van der Waals surface area contributed by atoms with Crippen molar-refractivity contribution in [3.63, 3.8) is 0 Å². The third-order valence-corrected chi connectivity index (χ3v) is 2.44. The molecule has 0 bridgehead atoms. The summed E-state index contributed by atoms with van der Waals surface area (Å²) < 4.78 is 4.90. The molecule has 0 saturated heterocycles. The second-order valence-electron chi connectivity index (χ2n) is 3.21. The number of rotatable bonds is 2. The van der Waals surface area contributed by atoms with Gasteiger partial charge in [0.05, 0.1) is 29.6 Å². The largest absolute Gasteiger partial charge is 0.467 e. The number of methoxy groups -OCH3 is 1. The molecule has 1 heterocycles. The van der Waals surface area contributed by atoms with E-state index in [4.69, 9.17) is 22.1 Å². The van der Waals surface area contributed by atoms with E-state index in [1.807, 2.05) is 0 Å². The molecule has 2 N–H and O–H groups in total. The third-order valence-electron chi connectivity index (χ3n) is 2.16. The van der Waals surface area contributed by atoms with Crippen molar-refractivity contribution < 1.29 is 4.74 Å². The highest BCUT2D eigenvalue weighted by Gasteiger charge is 2.43. The van der Waals surface area contributed by atoms with Gasteiger partial charge < -0.3 is 10.5 Å². The number of ether oxygens (including phenoxy) is 1. The lowest BCUT2D eigenvalue weighted by molar-refractivity contribution is 0.376. The third kappa shape index (κ3) is 1.47. The molecule has 13 heavy (non-hydrogen) atoms. The molecule has 0 aromatic carbocycles. The highest BCUT2D eigenvalue weighted by Crippen LogP contribution is 2.44. The Morgan fingerprint density at radius 1 is 1.62 bits per heavy atom. The van der Waals surface area contributed by atoms with E-state index in [9.17, 15) is 0 Å². The summed E-state index contributed by atoms with van der Waals surface area (Å²) in [5.74, 6) is 0. The molecule has 70 valence electrons. The molecule has 4 nitrogen and oxygen atoms in total. The lowest BCUT2D eigenvalue weighted by Gasteiger charge is -2.10. The summed E-state index contributed by atoms with van der Waals surface area (Å²) in [4.78, 5) is 8.01. The maximum atomic E-state index is 5.96. The fourth-order valence-electron chi connectivity index (χ4n) is 1.17. The Bertz CT molecular complexity index is 338. The van der Waals surface area contributed by atoms with Gasteiger partial charge in [0.2, 0.25) is 0 Å². The van der Waals surface area contributed by atoms with Crippen LogP contribution >= 0.6 is 11.6 Å². The average molecular weight is 200 g/mol. The lowest BCUT2D eigenvalue weighted by atomic mass is 10.2. The molecule has 0 amide bonds. The zero-order valence-electron chi connectivity index (χ0n) is 7.25. The Morgan fingerprint density at radius 2 is 2.31 bits per heavy atom. The van der Waals surface area contributed by atoms with E-state index in [2.05, 4.69) is 9.97 Å². The number of hydrogen-bond acceptors (Lipinski definition) is 4. The Balaban J connectivity index is 2.43. The number of nitrogens with two attached hydrogens (primary N) is 1. The summed E-state index contributed by atoms with van der Waals surface area (Å²) in [7, 11) is 1.52. The zero-order chi connectivity index (χ0) is 9.47. The Morgan fingerprint density at radius 3 is 2.85 bits per heavy atom. The number of aromatic nitrogens is 2. The topological polar surface area (TPSA) is 61.0 Å². The first-order valence-corrected chi connectivity index (χ1v) is 4.39. The second kappa shape index (κ2) is 2.82. The molecule has 1 saturated carbocycles. The van der Waals surface area contributed by atoms with Crippen LogP contribution in [0, 0.1) is 0 Å². The predicted octanol–water partition coefficient (Wildman–Crippen LogP) is 1.09. The van der Waals surface area contributed by atoms with Crippen molar-refractivity contribution in [2.24, 2.45) is 5.73 Å². The van der Waals surface area contributed by atoms with E-state index in [1.165, 1.54) is 13.3 Å². The monoisotopic (exact) mass is 199 g/mol. The molecule has 0 spiro atoms. The van der Waals surface area contributed by atoms with Gasteiger partial charge in [-0.05, 0) is 12.8 Å². The molecular formula is C8H10ClN3O. The first-order chi connectivity index (χ1) is 6.15. The van der Waals surface area contributed by atoms with Gasteiger partial charge in [-0.1, -0.05) is 11.6 Å². The van der Waals surface area contributed by atoms with E-state index in [1.54, 1.807) is 0 Å². The van der Waals surface area contributed by atoms with Gasteiger partial charge in [-0.3, -0.25) is 0 Å². The first kappa shape index (κ1) is 8.72. The van der Waals surface area contributed by atoms with Gasteiger partial charge >= 0.3 is 6.01 Å². The van der Waals surface area contributed by atoms with Gasteiger partial charge in [0.1, 0.15) is 0 Å². The van der Waals surface area contributed by atoms with Crippen molar-refractivity contribution in [1.82, 2.24) is 9.97 Å². The van der Waals surface area contributed by atoms with E-state index in [0.717, 1.165) is 12.8 Å². The van der Waals surface area contributed by atoms with E-state index in [0.29, 0.717) is 16.7 Å². The van der Waals surface area contributed by atoms with Crippen LogP contribution in [0.25, 0.3) is 0 Å². The molecule has 0 unspecified atom stereocenters. The maximum Gasteiger partial charge on any atom is 0.316 e. The molecule has 0 aliphatic heterocycles. The van der Waals surface area contributed by atoms with Crippen molar-refractivity contribution in [1.29, 1.82) is 0 Å². The van der Waals surface area contributed by atoms with E-state index in [-0.39, 0.29) is 5.54 Å². The van der Waals surface area contributed by atoms with Crippen molar-refractivity contribution in [2.45, 2.75) is 18.4 Å². The van der Waals surface area contributed by atoms with Crippen molar-refractivity contribution in [3.05, 3.63) is 16.9 Å². The van der Waals surface area contributed by atoms with Gasteiger partial charge in [0, 0.05) is 0 Å². The van der Waals surface area contributed by atoms with Crippen LogP contribution in [0.2, 0.25) is 5.02 Å². The minimum absolute atomic E-state index is 0.316. The minimum atomic E-state index is -0.340. The molecule has 0 atom stereocenters. The van der Waals surface area contributed by atoms with E-state index >= 15 is 0 Å². The van der Waals surface area contributed by atoms with Gasteiger partial charge in [-0.15, -0.1) is 0 Å². The molecule has 1 aromatic heterocycles. The van der Waals surface area contributed by atoms with Crippen LogP contribution in [-0.2, 0) is 5.54 Å². The summed E-state index contributed by atoms with van der Waals surface area (Å²) in [5, 5.41) is 0.515. The molecule has 1 aliphatic rings. The summed E-state index contributed by atoms with van der Waals surface area (Å²) in [6.07, 6.45) is 3.37. The Kier molecular flexibility index (Phi) is 1.89. The van der Waals surface area contributed by atoms with Crippen LogP contribution < -0.4 is 10.5 Å². The predicted molar refractivity (Wildman–Crippen MR) is 48.7 cm³/mol. The molecule has 5 heteroatoms. The van der Waals surface area contributed by atoms with Crippen molar-refractivity contribution in [3.8, 4) is 6.01 Å². The van der Waals surface area contributed by atoms with Crippen molar-refractivity contribution >= 4 is 11.6 Å². The molecule has 0 radical (unpaired) electrons. The highest BCUT2D eigenvalue weighted by atomic mass is 35.5. The summed E-state index contributed by atoms with van der Waals surface area (Å²) in [6.45, 7) is 0. The highest BCUT2D eigenvalue weighted by molar-refractivity contribution is 6.31. The summed E-state index contributed by atoms with van der Waals surface area (Å²) in [6, 6.07) is 0.316. The SMILES string of the molecule is COc1ncc(Cl)c(C2(N)CC2)n1. The lowest BCUT2D eigenvalue weighted by Crippen LogP contribution is -2.21. The molecular weight excluding hydrogens is 190 g/mol. The Labute approximate surface area is 81.1 Å². The standard InChI is InChI=1S/C8H10ClN3O/c1-13-7-11-4-5(9)6(12-7)8(10)2-3-8/h4H,2-3,10H2,1H3. The molecule has 1 fully saturated rings. The molecule has 1 aliphatic carbocycles. The fourth-order valence-corrected chi connectivity index (χ4v) is 1.45. The van der Waals surface area contributed by atoms with Crippen LogP contribution in [0.4, 0.5) is 0 Å². The summed E-state index contributed by atoms with van der Waals surface area (Å²) >= 11 is 5.92. The average Bonchev–Trinajstić information content (AvgIpc) is 2.86. The van der Waals surface area contributed by atoms with Gasteiger partial charge in [-0.2, -0.15) is 4.98 Å². The van der Waals surface area contributed by atoms with Gasteiger partial charge in [0.15, 0.2) is 0 Å². The smallest absolute Gasteiger partial charge is 0.316 e. The molecule has 1 aromatic rings. The van der Waals surface area contributed by atoms with Gasteiger partial charge in [0.25, 0.3) is 0 Å². The fraction of sp³-hybridized carbons (Fsp3) is 0.500. The second-order valence-corrected chi connectivity index (χ2v) is 3.62. The zero-order valence-corrected chi connectivity index (χ0v) is 8.01. The number of hydrogen-bond donors (Lipinski definition) is 1. The quantitative estimate of drug-likeness (QED) is 0.775. The van der Waals surface area contributed by atoms with Crippen LogP contribution in [0.15, 0.2) is 6.20 Å². The van der Waals surface area contributed by atoms with Crippen LogP contribution in [0.5, 0.6) is 6.01 Å². The van der Waals surface area contributed by atoms with E-state index < -0.39 is 0 Å². The Hall–Kier alpha value is -0.870. The van der Waals surface area contributed by atoms with Crippen molar-refractivity contribution in [2.75, 3.05) is 7.11 Å². The van der Waals surface area contributed by atoms with Crippen LogP contribution in [-0.4, -0.2) is 17.1 Å². The normalized spacial score (nSPS) is 18.4. The number of halogens is 1. The number of nitrogens with zero attached hydrogens (tertiary/aromatic N) is 2. The van der Waals surface area contributed by atoms with Crippen LogP contribution in [0.1, 0.15) is 18.5 Å². The summed E-state index contributed by atoms with van der Waals surface area (Å²) in [5.41, 5.74) is 6.32. The maximum absolute atomic E-state index is 5.96. The van der Waals surface area contributed by atoms with Crippen LogP contribution in [0.3, 0.4) is 0 Å².